The van der Waals surface area contributed by atoms with Crippen molar-refractivity contribution in [3.63, 3.8) is 0 Å². The quantitative estimate of drug-likeness (QED) is 0.565. The summed E-state index contributed by atoms with van der Waals surface area (Å²) in [4.78, 5) is 11.2. The van der Waals surface area contributed by atoms with Crippen molar-refractivity contribution in [2.45, 2.75) is 19.3 Å². The number of urea groups is 1. The summed E-state index contributed by atoms with van der Waals surface area (Å²) in [7, 11) is 1.69. The van der Waals surface area contributed by atoms with Crippen LogP contribution in [0.3, 0.4) is 0 Å². The van der Waals surface area contributed by atoms with Crippen molar-refractivity contribution in [2.75, 3.05) is 33.4 Å². The summed E-state index contributed by atoms with van der Waals surface area (Å²) < 4.78 is 5.03. The third kappa shape index (κ3) is 4.48. The SMILES string of the molecule is COCCC1(CNC(=O)NCCO)CC1. The molecule has 1 fully saturated rings. The molecule has 0 aromatic carbocycles. The van der Waals surface area contributed by atoms with Crippen LogP contribution >= 0.6 is 0 Å². The molecule has 5 nitrogen and oxygen atoms in total. The molecule has 0 spiro atoms. The van der Waals surface area contributed by atoms with Gasteiger partial charge in [0.25, 0.3) is 0 Å². The predicted octanol–water partition coefficient (Wildman–Crippen LogP) is 0.0946. The first-order valence-electron chi connectivity index (χ1n) is 5.34. The zero-order chi connectivity index (χ0) is 11.1. The smallest absolute Gasteiger partial charge is 0.314 e. The van der Waals surface area contributed by atoms with E-state index in [-0.39, 0.29) is 18.1 Å². The van der Waals surface area contributed by atoms with E-state index in [1.54, 1.807) is 7.11 Å². The summed E-state index contributed by atoms with van der Waals surface area (Å²) in [6, 6.07) is -0.201. The molecular formula is C10H20N2O3. The number of nitrogens with one attached hydrogen (secondary N) is 2. The minimum Gasteiger partial charge on any atom is -0.395 e. The zero-order valence-electron chi connectivity index (χ0n) is 9.21. The number of amides is 2. The molecule has 5 heteroatoms. The van der Waals surface area contributed by atoms with Crippen molar-refractivity contribution in [3.05, 3.63) is 0 Å². The fraction of sp³-hybridized carbons (Fsp3) is 0.900. The summed E-state index contributed by atoms with van der Waals surface area (Å²) in [5.41, 5.74) is 0.270. The average molecular weight is 216 g/mol. The Hall–Kier alpha value is -0.810. The van der Waals surface area contributed by atoms with E-state index < -0.39 is 0 Å². The van der Waals surface area contributed by atoms with Gasteiger partial charge in [-0.05, 0) is 24.7 Å². The second-order valence-electron chi connectivity index (χ2n) is 4.08. The summed E-state index contributed by atoms with van der Waals surface area (Å²) in [5, 5.41) is 13.9. The molecule has 0 aromatic rings. The van der Waals surface area contributed by atoms with Crippen LogP contribution in [0.5, 0.6) is 0 Å². The van der Waals surface area contributed by atoms with Crippen LogP contribution in [0, 0.1) is 5.41 Å². The lowest BCUT2D eigenvalue weighted by atomic mass is 10.0. The van der Waals surface area contributed by atoms with Crippen LogP contribution in [0.2, 0.25) is 0 Å². The number of aliphatic hydroxyl groups excluding tert-OH is 1. The van der Waals surface area contributed by atoms with Crippen LogP contribution in [-0.2, 0) is 4.74 Å². The first kappa shape index (κ1) is 12.3. The minimum absolute atomic E-state index is 0.0256. The molecule has 88 valence electrons. The maximum atomic E-state index is 11.2. The van der Waals surface area contributed by atoms with Crippen molar-refractivity contribution >= 4 is 6.03 Å². The van der Waals surface area contributed by atoms with E-state index in [9.17, 15) is 4.79 Å². The van der Waals surface area contributed by atoms with Gasteiger partial charge in [-0.25, -0.2) is 4.79 Å². The summed E-state index contributed by atoms with van der Waals surface area (Å²) in [6.45, 7) is 1.73. The summed E-state index contributed by atoms with van der Waals surface area (Å²) in [5.74, 6) is 0. The van der Waals surface area contributed by atoms with Gasteiger partial charge in [-0.2, -0.15) is 0 Å². The van der Waals surface area contributed by atoms with Crippen molar-refractivity contribution in [1.29, 1.82) is 0 Å². The largest absolute Gasteiger partial charge is 0.395 e. The van der Waals surface area contributed by atoms with Crippen LogP contribution in [0.25, 0.3) is 0 Å². The molecule has 1 rings (SSSR count). The molecular weight excluding hydrogens is 196 g/mol. The monoisotopic (exact) mass is 216 g/mol. The number of carbonyl (C=O) groups excluding carboxylic acids is 1. The van der Waals surface area contributed by atoms with Crippen molar-refractivity contribution in [3.8, 4) is 0 Å². The van der Waals surface area contributed by atoms with Gasteiger partial charge in [0, 0.05) is 26.8 Å². The molecule has 0 bridgehead atoms. The zero-order valence-corrected chi connectivity index (χ0v) is 9.21. The van der Waals surface area contributed by atoms with Gasteiger partial charge in [0.05, 0.1) is 6.61 Å². The first-order valence-corrected chi connectivity index (χ1v) is 5.34. The van der Waals surface area contributed by atoms with E-state index in [2.05, 4.69) is 10.6 Å². The van der Waals surface area contributed by atoms with E-state index in [0.29, 0.717) is 13.1 Å². The number of hydrogen-bond donors (Lipinski definition) is 3. The van der Waals surface area contributed by atoms with Crippen LogP contribution in [-0.4, -0.2) is 44.6 Å². The average Bonchev–Trinajstić information content (AvgIpc) is 3.01. The molecule has 0 radical (unpaired) electrons. The number of ether oxygens (including phenoxy) is 1. The topological polar surface area (TPSA) is 70.6 Å². The van der Waals surface area contributed by atoms with Crippen LogP contribution in [0.1, 0.15) is 19.3 Å². The van der Waals surface area contributed by atoms with Gasteiger partial charge < -0.3 is 20.5 Å². The highest BCUT2D eigenvalue weighted by Crippen LogP contribution is 2.48. The third-order valence-electron chi connectivity index (χ3n) is 2.81. The highest BCUT2D eigenvalue weighted by molar-refractivity contribution is 5.73. The van der Waals surface area contributed by atoms with Crippen molar-refractivity contribution in [2.24, 2.45) is 5.41 Å². The molecule has 0 unspecified atom stereocenters. The Bertz CT molecular complexity index is 205. The van der Waals surface area contributed by atoms with Crippen LogP contribution < -0.4 is 10.6 Å². The Morgan fingerprint density at radius 1 is 1.47 bits per heavy atom. The summed E-state index contributed by atoms with van der Waals surface area (Å²) >= 11 is 0. The van der Waals surface area contributed by atoms with Gasteiger partial charge in [-0.1, -0.05) is 0 Å². The van der Waals surface area contributed by atoms with E-state index in [1.807, 2.05) is 0 Å². The molecule has 1 aliphatic carbocycles. The van der Waals surface area contributed by atoms with E-state index >= 15 is 0 Å². The van der Waals surface area contributed by atoms with Crippen LogP contribution in [0.4, 0.5) is 4.79 Å². The predicted molar refractivity (Wildman–Crippen MR) is 56.6 cm³/mol. The molecule has 3 N–H and O–H groups in total. The standard InChI is InChI=1S/C10H20N2O3/c1-15-7-4-10(2-3-10)8-12-9(14)11-5-6-13/h13H,2-8H2,1H3,(H2,11,12,14). The fourth-order valence-corrected chi connectivity index (χ4v) is 1.51. The van der Waals surface area contributed by atoms with Crippen molar-refractivity contribution in [1.82, 2.24) is 10.6 Å². The van der Waals surface area contributed by atoms with Crippen molar-refractivity contribution < 1.29 is 14.6 Å². The first-order chi connectivity index (χ1) is 7.22. The van der Waals surface area contributed by atoms with Crippen LogP contribution in [0.15, 0.2) is 0 Å². The van der Waals surface area contributed by atoms with Gasteiger partial charge in [0.15, 0.2) is 0 Å². The highest BCUT2D eigenvalue weighted by atomic mass is 16.5. The van der Waals surface area contributed by atoms with Gasteiger partial charge in [0.1, 0.15) is 0 Å². The van der Waals surface area contributed by atoms with Gasteiger partial charge in [-0.15, -0.1) is 0 Å². The lowest BCUT2D eigenvalue weighted by Gasteiger charge is -2.15. The second kappa shape index (κ2) is 5.92. The number of rotatable bonds is 7. The molecule has 1 saturated carbocycles. The van der Waals surface area contributed by atoms with E-state index in [4.69, 9.17) is 9.84 Å². The molecule has 0 aliphatic heterocycles. The number of carbonyl (C=O) groups is 1. The highest BCUT2D eigenvalue weighted by Gasteiger charge is 2.41. The number of aliphatic hydroxyl groups is 1. The molecule has 0 heterocycles. The molecule has 0 aromatic heterocycles. The summed E-state index contributed by atoms with van der Waals surface area (Å²) in [6.07, 6.45) is 3.33. The van der Waals surface area contributed by atoms with E-state index in [0.717, 1.165) is 25.9 Å². The maximum absolute atomic E-state index is 11.2. The van der Waals surface area contributed by atoms with Gasteiger partial charge >= 0.3 is 6.03 Å². The Morgan fingerprint density at radius 2 is 2.20 bits per heavy atom. The van der Waals surface area contributed by atoms with Gasteiger partial charge in [-0.3, -0.25) is 0 Å². The molecule has 15 heavy (non-hydrogen) atoms. The van der Waals surface area contributed by atoms with Gasteiger partial charge in [0.2, 0.25) is 0 Å². The maximum Gasteiger partial charge on any atom is 0.314 e. The molecule has 2 amide bonds. The normalized spacial score (nSPS) is 17.2. The lowest BCUT2D eigenvalue weighted by Crippen LogP contribution is -2.40. The molecule has 0 saturated heterocycles. The number of hydrogen-bond acceptors (Lipinski definition) is 3. The molecule has 0 atom stereocenters. The molecule has 1 aliphatic rings. The Morgan fingerprint density at radius 3 is 2.73 bits per heavy atom. The fourth-order valence-electron chi connectivity index (χ4n) is 1.51. The lowest BCUT2D eigenvalue weighted by molar-refractivity contribution is 0.171. The number of methoxy groups -OCH3 is 1. The van der Waals surface area contributed by atoms with E-state index in [1.165, 1.54) is 0 Å². The Kier molecular flexibility index (Phi) is 4.84. The Labute approximate surface area is 90.2 Å². The second-order valence-corrected chi connectivity index (χ2v) is 4.08. The Balaban J connectivity index is 2.10. The third-order valence-corrected chi connectivity index (χ3v) is 2.81. The minimum atomic E-state index is -0.201.